The van der Waals surface area contributed by atoms with E-state index in [0.717, 1.165) is 17.7 Å². The van der Waals surface area contributed by atoms with Gasteiger partial charge >= 0.3 is 0 Å². The Bertz CT molecular complexity index is 1060. The molecule has 2 aromatic rings. The van der Waals surface area contributed by atoms with Gasteiger partial charge in [-0.1, -0.05) is 50.6 Å². The van der Waals surface area contributed by atoms with Gasteiger partial charge < -0.3 is 20.9 Å². The van der Waals surface area contributed by atoms with E-state index in [1.165, 1.54) is 11.0 Å². The van der Waals surface area contributed by atoms with Crippen LogP contribution < -0.4 is 16.0 Å². The van der Waals surface area contributed by atoms with Gasteiger partial charge in [0.05, 0.1) is 6.04 Å². The number of amides is 3. The zero-order chi connectivity index (χ0) is 25.0. The van der Waals surface area contributed by atoms with Crippen molar-refractivity contribution >= 4 is 23.4 Å². The number of rotatable bonds is 8. The van der Waals surface area contributed by atoms with E-state index in [2.05, 4.69) is 16.0 Å². The third-order valence-corrected chi connectivity index (χ3v) is 6.35. The molecule has 1 aliphatic heterocycles. The van der Waals surface area contributed by atoms with Crippen LogP contribution in [-0.4, -0.2) is 41.8 Å². The number of carbonyl (C=O) groups is 3. The van der Waals surface area contributed by atoms with Gasteiger partial charge in [-0.3, -0.25) is 14.4 Å². The Hall–Kier alpha value is -3.33. The standard InChI is InChI=1S/C25H30F2N4O3/c1-5-14(2)20(29-23(32)15(3)28-4)25(34)31-13-16-9-6-7-10-17(16)22(31)24(33)30-21-18(26)11-8-12-19(21)27/h6-12,14-15,20,22,28H,5,13H2,1-4H3,(H,29,32)(H,30,33)/t14-,15-,20?,22?/m0/s1. The number of halogens is 2. The van der Waals surface area contributed by atoms with Gasteiger partial charge in [0.2, 0.25) is 11.8 Å². The zero-order valence-corrected chi connectivity index (χ0v) is 19.7. The minimum atomic E-state index is -1.10. The molecule has 0 radical (unpaired) electrons. The predicted molar refractivity (Wildman–Crippen MR) is 125 cm³/mol. The van der Waals surface area contributed by atoms with Crippen LogP contribution in [-0.2, 0) is 20.9 Å². The number of hydrogen-bond acceptors (Lipinski definition) is 4. The molecule has 2 unspecified atom stereocenters. The van der Waals surface area contributed by atoms with Crippen LogP contribution in [0.4, 0.5) is 14.5 Å². The lowest BCUT2D eigenvalue weighted by molar-refractivity contribution is -0.143. The maximum atomic E-state index is 14.2. The first-order valence-corrected chi connectivity index (χ1v) is 11.3. The Kier molecular flexibility index (Phi) is 7.98. The van der Waals surface area contributed by atoms with Gasteiger partial charge in [-0.25, -0.2) is 8.78 Å². The summed E-state index contributed by atoms with van der Waals surface area (Å²) in [6.07, 6.45) is 0.614. The molecule has 3 rings (SSSR count). The van der Waals surface area contributed by atoms with Gasteiger partial charge in [-0.2, -0.15) is 0 Å². The third kappa shape index (κ3) is 5.09. The van der Waals surface area contributed by atoms with E-state index < -0.39 is 47.3 Å². The van der Waals surface area contributed by atoms with Crippen LogP contribution in [0.1, 0.15) is 44.4 Å². The number of likely N-dealkylation sites (N-methyl/N-ethyl adjacent to an activating group) is 1. The first-order chi connectivity index (χ1) is 16.2. The van der Waals surface area contributed by atoms with E-state index in [0.29, 0.717) is 12.0 Å². The monoisotopic (exact) mass is 472 g/mol. The van der Waals surface area contributed by atoms with Crippen LogP contribution in [0.5, 0.6) is 0 Å². The molecule has 3 N–H and O–H groups in total. The highest BCUT2D eigenvalue weighted by atomic mass is 19.1. The SMILES string of the molecule is CC[C@H](C)C(NC(=O)[C@H](C)NC)C(=O)N1Cc2ccccc2C1C(=O)Nc1c(F)cccc1F. The largest absolute Gasteiger partial charge is 0.343 e. The first kappa shape index (κ1) is 25.3. The topological polar surface area (TPSA) is 90.5 Å². The van der Waals surface area contributed by atoms with E-state index in [9.17, 15) is 23.2 Å². The van der Waals surface area contributed by atoms with Crippen LogP contribution in [0.2, 0.25) is 0 Å². The Morgan fingerprint density at radius 1 is 1.06 bits per heavy atom. The normalized spacial score (nSPS) is 17.5. The molecule has 182 valence electrons. The second-order valence-electron chi connectivity index (χ2n) is 8.54. The van der Waals surface area contributed by atoms with E-state index in [1.54, 1.807) is 38.2 Å². The van der Waals surface area contributed by atoms with Gasteiger partial charge in [0, 0.05) is 6.54 Å². The summed E-state index contributed by atoms with van der Waals surface area (Å²) in [4.78, 5) is 41.0. The predicted octanol–water partition coefficient (Wildman–Crippen LogP) is 3.13. The summed E-state index contributed by atoms with van der Waals surface area (Å²) >= 11 is 0. The van der Waals surface area contributed by atoms with Crippen molar-refractivity contribution in [2.45, 2.75) is 51.9 Å². The highest BCUT2D eigenvalue weighted by Crippen LogP contribution is 2.36. The summed E-state index contributed by atoms with van der Waals surface area (Å²) in [5, 5.41) is 7.96. The molecule has 2 aromatic carbocycles. The van der Waals surface area contributed by atoms with E-state index in [-0.39, 0.29) is 18.4 Å². The lowest BCUT2D eigenvalue weighted by atomic mass is 9.96. The lowest BCUT2D eigenvalue weighted by Crippen LogP contribution is -2.55. The van der Waals surface area contributed by atoms with Crippen LogP contribution in [0, 0.1) is 17.6 Å². The number of benzene rings is 2. The van der Waals surface area contributed by atoms with Crippen LogP contribution in [0.25, 0.3) is 0 Å². The Balaban J connectivity index is 1.95. The molecule has 3 amide bonds. The van der Waals surface area contributed by atoms with Crippen molar-refractivity contribution in [3.63, 3.8) is 0 Å². The van der Waals surface area contributed by atoms with Gasteiger partial charge in [0.15, 0.2) is 0 Å². The quantitative estimate of drug-likeness (QED) is 0.551. The summed E-state index contributed by atoms with van der Waals surface area (Å²) in [7, 11) is 1.64. The van der Waals surface area contributed by atoms with Crippen molar-refractivity contribution < 1.29 is 23.2 Å². The second-order valence-corrected chi connectivity index (χ2v) is 8.54. The number of fused-ring (bicyclic) bond motifs is 1. The van der Waals surface area contributed by atoms with Crippen LogP contribution >= 0.6 is 0 Å². The maximum absolute atomic E-state index is 14.2. The smallest absolute Gasteiger partial charge is 0.252 e. The molecule has 0 aliphatic carbocycles. The minimum absolute atomic E-state index is 0.136. The molecular formula is C25H30F2N4O3. The number of para-hydroxylation sites is 1. The van der Waals surface area contributed by atoms with Crippen molar-refractivity contribution in [2.24, 2.45) is 5.92 Å². The molecule has 0 fully saturated rings. The molecule has 34 heavy (non-hydrogen) atoms. The molecule has 7 nitrogen and oxygen atoms in total. The summed E-state index contributed by atoms with van der Waals surface area (Å²) < 4.78 is 28.4. The Labute approximate surface area is 197 Å². The van der Waals surface area contributed by atoms with Gasteiger partial charge in [0.25, 0.3) is 5.91 Å². The first-order valence-electron chi connectivity index (χ1n) is 11.3. The Morgan fingerprint density at radius 2 is 1.71 bits per heavy atom. The van der Waals surface area contributed by atoms with Crippen molar-refractivity contribution in [1.82, 2.24) is 15.5 Å². The average molecular weight is 473 g/mol. The fraction of sp³-hybridized carbons (Fsp3) is 0.400. The number of carbonyl (C=O) groups excluding carboxylic acids is 3. The van der Waals surface area contributed by atoms with Crippen molar-refractivity contribution in [2.75, 3.05) is 12.4 Å². The molecule has 4 atom stereocenters. The summed E-state index contributed by atoms with van der Waals surface area (Å²) in [5.41, 5.74) is 0.754. The van der Waals surface area contributed by atoms with Gasteiger partial charge in [-0.15, -0.1) is 0 Å². The van der Waals surface area contributed by atoms with Crippen molar-refractivity contribution in [3.05, 3.63) is 65.2 Å². The minimum Gasteiger partial charge on any atom is -0.343 e. The molecular weight excluding hydrogens is 442 g/mol. The number of hydrogen-bond donors (Lipinski definition) is 3. The summed E-state index contributed by atoms with van der Waals surface area (Å²) in [6.45, 7) is 5.57. The highest BCUT2D eigenvalue weighted by Gasteiger charge is 2.42. The zero-order valence-electron chi connectivity index (χ0n) is 19.7. The number of nitrogens with zero attached hydrogens (tertiary/aromatic N) is 1. The Morgan fingerprint density at radius 3 is 2.32 bits per heavy atom. The van der Waals surface area contributed by atoms with Crippen molar-refractivity contribution in [3.8, 4) is 0 Å². The molecule has 9 heteroatoms. The maximum Gasteiger partial charge on any atom is 0.252 e. The molecule has 0 saturated heterocycles. The van der Waals surface area contributed by atoms with Gasteiger partial charge in [0.1, 0.15) is 29.4 Å². The number of nitrogens with one attached hydrogen (secondary N) is 3. The molecule has 1 heterocycles. The number of anilines is 1. The molecule has 1 aliphatic rings. The molecule has 0 spiro atoms. The second kappa shape index (κ2) is 10.7. The molecule has 0 bridgehead atoms. The third-order valence-electron chi connectivity index (χ3n) is 6.35. The fourth-order valence-electron chi connectivity index (χ4n) is 3.96. The summed E-state index contributed by atoms with van der Waals surface area (Å²) in [5.74, 6) is -3.55. The fourth-order valence-corrected chi connectivity index (χ4v) is 3.96. The van der Waals surface area contributed by atoms with Crippen molar-refractivity contribution in [1.29, 1.82) is 0 Å². The van der Waals surface area contributed by atoms with E-state index in [1.807, 2.05) is 13.8 Å². The van der Waals surface area contributed by atoms with Crippen LogP contribution in [0.3, 0.4) is 0 Å². The summed E-state index contributed by atoms with van der Waals surface area (Å²) in [6, 6.07) is 7.83. The lowest BCUT2D eigenvalue weighted by Gasteiger charge is -2.32. The van der Waals surface area contributed by atoms with Gasteiger partial charge in [-0.05, 0) is 43.1 Å². The highest BCUT2D eigenvalue weighted by molar-refractivity contribution is 6.00. The molecule has 0 saturated carbocycles. The van der Waals surface area contributed by atoms with Crippen LogP contribution in [0.15, 0.2) is 42.5 Å². The van der Waals surface area contributed by atoms with E-state index >= 15 is 0 Å². The van der Waals surface area contributed by atoms with E-state index in [4.69, 9.17) is 0 Å². The average Bonchev–Trinajstić information content (AvgIpc) is 3.23. The molecule has 0 aromatic heterocycles.